The number of hydrogen-bond donors (Lipinski definition) is 1. The second-order valence-electron chi connectivity index (χ2n) is 2.72. The summed E-state index contributed by atoms with van der Waals surface area (Å²) in [5.41, 5.74) is 0.499. The lowest BCUT2D eigenvalue weighted by Gasteiger charge is -1.89. The third-order valence-electron chi connectivity index (χ3n) is 1.62. The number of methoxy groups -OCH3 is 1. The van der Waals surface area contributed by atoms with Gasteiger partial charge in [0.05, 0.1) is 12.8 Å². The largest absolute Gasteiger partial charge is 0.390 e. The summed E-state index contributed by atoms with van der Waals surface area (Å²) >= 11 is 1.37. The zero-order chi connectivity index (χ0) is 10.7. The molecule has 0 amide bonds. The maximum Gasteiger partial charge on any atom is 0.234 e. The van der Waals surface area contributed by atoms with Gasteiger partial charge in [0.15, 0.2) is 0 Å². The van der Waals surface area contributed by atoms with E-state index >= 15 is 0 Å². The molecule has 80 valence electrons. The van der Waals surface area contributed by atoms with Crippen molar-refractivity contribution < 1.29 is 9.84 Å². The summed E-state index contributed by atoms with van der Waals surface area (Å²) in [5, 5.41) is 25.6. The molecule has 0 aliphatic heterocycles. The molecule has 0 radical (unpaired) electrons. The molecular weight excluding hydrogens is 218 g/mol. The fraction of sp³-hybridized carbons (Fsp3) is 0.429. The van der Waals surface area contributed by atoms with Crippen molar-refractivity contribution in [2.75, 3.05) is 7.11 Å². The summed E-state index contributed by atoms with van der Waals surface area (Å²) in [5.74, 6) is 0. The first-order valence-corrected chi connectivity index (χ1v) is 4.99. The van der Waals surface area contributed by atoms with E-state index in [1.165, 1.54) is 16.0 Å². The molecule has 0 aliphatic rings. The first-order chi connectivity index (χ1) is 7.33. The van der Waals surface area contributed by atoms with E-state index in [0.29, 0.717) is 17.4 Å². The van der Waals surface area contributed by atoms with E-state index in [1.807, 2.05) is 0 Å². The van der Waals surface area contributed by atoms with Crippen LogP contribution >= 0.6 is 11.3 Å². The Bertz CT molecular complexity index is 440. The van der Waals surface area contributed by atoms with Gasteiger partial charge in [0.1, 0.15) is 17.3 Å². The van der Waals surface area contributed by atoms with Gasteiger partial charge in [-0.2, -0.15) is 4.68 Å². The molecular formula is C7H9N5O2S. The molecule has 2 aromatic rings. The number of nitrogens with zero attached hydrogens (tertiary/aromatic N) is 5. The van der Waals surface area contributed by atoms with Crippen LogP contribution in [0.5, 0.6) is 0 Å². The Balaban J connectivity index is 2.21. The minimum Gasteiger partial charge on any atom is -0.390 e. The molecule has 0 aromatic carbocycles. The number of hydrogen-bond acceptors (Lipinski definition) is 7. The van der Waals surface area contributed by atoms with Gasteiger partial charge in [0.2, 0.25) is 5.13 Å². The summed E-state index contributed by atoms with van der Waals surface area (Å²) in [4.78, 5) is 0. The van der Waals surface area contributed by atoms with Crippen molar-refractivity contribution in [3.8, 4) is 5.13 Å². The van der Waals surface area contributed by atoms with E-state index in [9.17, 15) is 0 Å². The quantitative estimate of drug-likeness (QED) is 0.775. The highest BCUT2D eigenvalue weighted by Gasteiger charge is 2.08. The van der Waals surface area contributed by atoms with Crippen molar-refractivity contribution in [1.82, 2.24) is 25.2 Å². The molecule has 2 heterocycles. The number of ether oxygens (including phenoxy) is 1. The normalized spacial score (nSPS) is 10.8. The van der Waals surface area contributed by atoms with Gasteiger partial charge in [-0.05, 0) is 0 Å². The molecule has 1 N–H and O–H groups in total. The van der Waals surface area contributed by atoms with Gasteiger partial charge in [-0.1, -0.05) is 16.6 Å². The van der Waals surface area contributed by atoms with Crippen LogP contribution in [0.1, 0.15) is 10.7 Å². The van der Waals surface area contributed by atoms with Crippen LogP contribution in [0, 0.1) is 0 Å². The second kappa shape index (κ2) is 4.43. The summed E-state index contributed by atoms with van der Waals surface area (Å²) in [7, 11) is 1.60. The lowest BCUT2D eigenvalue weighted by Crippen LogP contribution is -1.93. The molecule has 0 fully saturated rings. The van der Waals surface area contributed by atoms with Crippen molar-refractivity contribution in [3.05, 3.63) is 16.9 Å². The number of rotatable bonds is 4. The molecule has 2 rings (SSSR count). The number of aromatic nitrogens is 5. The molecule has 0 saturated carbocycles. The first kappa shape index (κ1) is 10.1. The molecule has 7 nitrogen and oxygen atoms in total. The molecule has 0 saturated heterocycles. The molecule has 0 bridgehead atoms. The van der Waals surface area contributed by atoms with Crippen LogP contribution < -0.4 is 0 Å². The predicted octanol–water partition coefficient (Wildman–Crippen LogP) is -0.242. The Morgan fingerprint density at radius 2 is 2.33 bits per heavy atom. The van der Waals surface area contributed by atoms with Gasteiger partial charge in [-0.25, -0.2) is 0 Å². The topological polar surface area (TPSA) is 86.0 Å². The Labute approximate surface area is 89.3 Å². The Kier molecular flexibility index (Phi) is 2.99. The molecule has 8 heteroatoms. The van der Waals surface area contributed by atoms with E-state index in [1.54, 1.807) is 13.3 Å². The average molecular weight is 227 g/mol. The van der Waals surface area contributed by atoms with Crippen LogP contribution in [0.15, 0.2) is 6.20 Å². The predicted molar refractivity (Wildman–Crippen MR) is 51.5 cm³/mol. The Morgan fingerprint density at radius 3 is 3.00 bits per heavy atom. The van der Waals surface area contributed by atoms with Crippen molar-refractivity contribution in [2.24, 2.45) is 0 Å². The molecule has 0 spiro atoms. The summed E-state index contributed by atoms with van der Waals surface area (Å²) in [6.07, 6.45) is 1.61. The zero-order valence-corrected chi connectivity index (χ0v) is 8.81. The standard InChI is InChI=1S/C7H9N5O2S/c1-14-4-6-9-10-7(15-6)12-2-5(3-13)8-11-12/h2,13H,3-4H2,1H3. The molecule has 0 atom stereocenters. The van der Waals surface area contributed by atoms with Gasteiger partial charge in [0, 0.05) is 7.11 Å². The highest BCUT2D eigenvalue weighted by Crippen LogP contribution is 2.14. The summed E-state index contributed by atoms with van der Waals surface area (Å²) in [6, 6.07) is 0. The first-order valence-electron chi connectivity index (χ1n) is 4.17. The lowest BCUT2D eigenvalue weighted by atomic mass is 10.5. The fourth-order valence-electron chi connectivity index (χ4n) is 0.983. The highest BCUT2D eigenvalue weighted by molar-refractivity contribution is 7.13. The van der Waals surface area contributed by atoms with E-state index in [-0.39, 0.29) is 6.61 Å². The molecule has 2 aromatic heterocycles. The minimum absolute atomic E-state index is 0.135. The van der Waals surface area contributed by atoms with E-state index in [0.717, 1.165) is 5.01 Å². The van der Waals surface area contributed by atoms with Gasteiger partial charge in [0.25, 0.3) is 0 Å². The second-order valence-corrected chi connectivity index (χ2v) is 3.76. The molecule has 15 heavy (non-hydrogen) atoms. The Hall–Kier alpha value is -1.38. The van der Waals surface area contributed by atoms with E-state index < -0.39 is 0 Å². The van der Waals surface area contributed by atoms with Crippen molar-refractivity contribution in [2.45, 2.75) is 13.2 Å². The van der Waals surface area contributed by atoms with Crippen molar-refractivity contribution in [1.29, 1.82) is 0 Å². The van der Waals surface area contributed by atoms with Crippen LogP contribution in [0.4, 0.5) is 0 Å². The van der Waals surface area contributed by atoms with E-state index in [2.05, 4.69) is 20.5 Å². The average Bonchev–Trinajstić information content (AvgIpc) is 2.85. The molecule has 0 unspecified atom stereocenters. The van der Waals surface area contributed by atoms with Crippen LogP contribution in [0.3, 0.4) is 0 Å². The zero-order valence-electron chi connectivity index (χ0n) is 7.99. The third-order valence-corrected chi connectivity index (χ3v) is 2.51. The number of aliphatic hydroxyl groups is 1. The SMILES string of the molecule is COCc1nnc(-n2cc(CO)nn2)s1. The van der Waals surface area contributed by atoms with Crippen LogP contribution in [0.25, 0.3) is 5.13 Å². The van der Waals surface area contributed by atoms with Crippen LogP contribution in [-0.4, -0.2) is 37.4 Å². The fourth-order valence-corrected chi connectivity index (χ4v) is 1.72. The van der Waals surface area contributed by atoms with Crippen LogP contribution in [-0.2, 0) is 18.0 Å². The third kappa shape index (κ3) is 2.17. The van der Waals surface area contributed by atoms with Gasteiger partial charge in [-0.3, -0.25) is 0 Å². The van der Waals surface area contributed by atoms with Gasteiger partial charge < -0.3 is 9.84 Å². The Morgan fingerprint density at radius 1 is 1.47 bits per heavy atom. The highest BCUT2D eigenvalue weighted by atomic mass is 32.1. The summed E-state index contributed by atoms with van der Waals surface area (Å²) < 4.78 is 6.40. The molecule has 0 aliphatic carbocycles. The number of aliphatic hydroxyl groups excluding tert-OH is 1. The van der Waals surface area contributed by atoms with E-state index in [4.69, 9.17) is 9.84 Å². The smallest absolute Gasteiger partial charge is 0.234 e. The lowest BCUT2D eigenvalue weighted by molar-refractivity contribution is 0.184. The minimum atomic E-state index is -0.135. The summed E-state index contributed by atoms with van der Waals surface area (Å²) in [6.45, 7) is 0.295. The van der Waals surface area contributed by atoms with Crippen molar-refractivity contribution in [3.63, 3.8) is 0 Å². The van der Waals surface area contributed by atoms with Gasteiger partial charge in [-0.15, -0.1) is 15.3 Å². The van der Waals surface area contributed by atoms with Gasteiger partial charge >= 0.3 is 0 Å². The van der Waals surface area contributed by atoms with Crippen LogP contribution in [0.2, 0.25) is 0 Å². The van der Waals surface area contributed by atoms with Crippen molar-refractivity contribution >= 4 is 11.3 Å². The monoisotopic (exact) mass is 227 g/mol. The maximum atomic E-state index is 8.82. The maximum absolute atomic E-state index is 8.82.